The van der Waals surface area contributed by atoms with Crippen LogP contribution in [0.15, 0.2) is 12.5 Å². The van der Waals surface area contributed by atoms with Crippen molar-refractivity contribution in [2.45, 2.75) is 6.54 Å². The molecule has 0 aromatic carbocycles. The summed E-state index contributed by atoms with van der Waals surface area (Å²) in [5.41, 5.74) is 0.376. The predicted molar refractivity (Wildman–Crippen MR) is 67.1 cm³/mol. The lowest BCUT2D eigenvalue weighted by Gasteiger charge is -2.11. The predicted octanol–water partition coefficient (Wildman–Crippen LogP) is -0.198. The van der Waals surface area contributed by atoms with Crippen molar-refractivity contribution in [2.24, 2.45) is 0 Å². The van der Waals surface area contributed by atoms with Gasteiger partial charge in [-0.1, -0.05) is 0 Å². The van der Waals surface area contributed by atoms with Crippen LogP contribution in [0.25, 0.3) is 0 Å². The van der Waals surface area contributed by atoms with Crippen LogP contribution in [0.2, 0.25) is 0 Å². The fourth-order valence-corrected chi connectivity index (χ4v) is 1.64. The van der Waals surface area contributed by atoms with Crippen LogP contribution in [0, 0.1) is 0 Å². The van der Waals surface area contributed by atoms with E-state index in [-0.39, 0.29) is 11.6 Å². The molecule has 0 atom stereocenters. The van der Waals surface area contributed by atoms with Gasteiger partial charge >= 0.3 is 0 Å². The maximum absolute atomic E-state index is 12.3. The van der Waals surface area contributed by atoms with E-state index in [9.17, 15) is 4.79 Å². The number of hydrogen-bond donors (Lipinski definition) is 1. The van der Waals surface area contributed by atoms with Gasteiger partial charge in [-0.3, -0.25) is 14.6 Å². The van der Waals surface area contributed by atoms with Crippen molar-refractivity contribution in [1.29, 1.82) is 0 Å². The van der Waals surface area contributed by atoms with Gasteiger partial charge in [0, 0.05) is 6.54 Å². The van der Waals surface area contributed by atoms with Gasteiger partial charge in [-0.2, -0.15) is 10.2 Å². The standard InChI is InChI=1S/C11H16N6O2/c1-16(2)4-5-17-9(8(19-3)6-14-17)10(18)11-12-7-13-15-11/h6-7H,4-5H2,1-3H3,(H,12,13,15). The van der Waals surface area contributed by atoms with Gasteiger partial charge in [0.05, 0.1) is 19.9 Å². The van der Waals surface area contributed by atoms with Crippen LogP contribution in [0.3, 0.4) is 0 Å². The Morgan fingerprint density at radius 1 is 1.53 bits per heavy atom. The van der Waals surface area contributed by atoms with Gasteiger partial charge in [0.2, 0.25) is 0 Å². The van der Waals surface area contributed by atoms with Gasteiger partial charge in [-0.25, -0.2) is 4.98 Å². The second-order valence-corrected chi connectivity index (χ2v) is 4.25. The summed E-state index contributed by atoms with van der Waals surface area (Å²) in [6.45, 7) is 1.35. The molecular formula is C11H16N6O2. The summed E-state index contributed by atoms with van der Waals surface area (Å²) >= 11 is 0. The number of ketones is 1. The van der Waals surface area contributed by atoms with Gasteiger partial charge in [0.25, 0.3) is 5.78 Å². The smallest absolute Gasteiger partial charge is 0.251 e. The van der Waals surface area contributed by atoms with E-state index in [0.717, 1.165) is 6.54 Å². The number of aromatic amines is 1. The highest BCUT2D eigenvalue weighted by atomic mass is 16.5. The molecule has 0 saturated carbocycles. The zero-order valence-electron chi connectivity index (χ0n) is 11.1. The lowest BCUT2D eigenvalue weighted by molar-refractivity contribution is 0.101. The first-order valence-electron chi connectivity index (χ1n) is 5.78. The number of H-pyrrole nitrogens is 1. The lowest BCUT2D eigenvalue weighted by atomic mass is 10.2. The minimum absolute atomic E-state index is 0.171. The number of rotatable bonds is 6. The number of carbonyl (C=O) groups is 1. The summed E-state index contributed by atoms with van der Waals surface area (Å²) in [6, 6.07) is 0. The monoisotopic (exact) mass is 264 g/mol. The van der Waals surface area contributed by atoms with Crippen LogP contribution in [0.1, 0.15) is 16.3 Å². The number of nitrogens with one attached hydrogen (secondary N) is 1. The number of carbonyl (C=O) groups excluding carboxylic acids is 1. The lowest BCUT2D eigenvalue weighted by Crippen LogP contribution is -2.22. The minimum Gasteiger partial charge on any atom is -0.493 e. The van der Waals surface area contributed by atoms with E-state index < -0.39 is 0 Å². The first-order chi connectivity index (χ1) is 9.13. The summed E-state index contributed by atoms with van der Waals surface area (Å²) < 4.78 is 6.79. The van der Waals surface area contributed by atoms with Crippen molar-refractivity contribution in [1.82, 2.24) is 29.9 Å². The molecular weight excluding hydrogens is 248 g/mol. The van der Waals surface area contributed by atoms with Crippen molar-refractivity contribution in [3.8, 4) is 5.75 Å². The number of methoxy groups -OCH3 is 1. The molecule has 2 aromatic heterocycles. The molecule has 0 unspecified atom stereocenters. The number of nitrogens with zero attached hydrogens (tertiary/aromatic N) is 5. The van der Waals surface area contributed by atoms with E-state index >= 15 is 0 Å². The third-order valence-electron chi connectivity index (χ3n) is 2.63. The molecule has 0 fully saturated rings. The molecule has 0 aliphatic rings. The highest BCUT2D eigenvalue weighted by Gasteiger charge is 2.23. The molecule has 1 N–H and O–H groups in total. The first-order valence-corrected chi connectivity index (χ1v) is 5.78. The maximum atomic E-state index is 12.3. The Morgan fingerprint density at radius 2 is 2.32 bits per heavy atom. The largest absolute Gasteiger partial charge is 0.493 e. The summed E-state index contributed by atoms with van der Waals surface area (Å²) in [5, 5.41) is 10.4. The third-order valence-corrected chi connectivity index (χ3v) is 2.63. The van der Waals surface area contributed by atoms with Crippen LogP contribution in [-0.4, -0.2) is 63.4 Å². The Kier molecular flexibility index (Phi) is 3.91. The molecule has 0 spiro atoms. The molecule has 8 nitrogen and oxygen atoms in total. The second kappa shape index (κ2) is 5.61. The van der Waals surface area contributed by atoms with Crippen LogP contribution < -0.4 is 4.74 Å². The van der Waals surface area contributed by atoms with Gasteiger partial charge in [0.15, 0.2) is 17.3 Å². The van der Waals surface area contributed by atoms with Crippen molar-refractivity contribution in [3.63, 3.8) is 0 Å². The SMILES string of the molecule is COc1cnn(CCN(C)C)c1C(=O)c1ncn[nH]1. The maximum Gasteiger partial charge on any atom is 0.251 e. The van der Waals surface area contributed by atoms with Crippen molar-refractivity contribution < 1.29 is 9.53 Å². The minimum atomic E-state index is -0.286. The van der Waals surface area contributed by atoms with Gasteiger partial charge in [-0.05, 0) is 14.1 Å². The summed E-state index contributed by atoms with van der Waals surface area (Å²) in [7, 11) is 5.42. The first kappa shape index (κ1) is 13.2. The van der Waals surface area contributed by atoms with Crippen molar-refractivity contribution in [3.05, 3.63) is 24.0 Å². The number of hydrogen-bond acceptors (Lipinski definition) is 6. The zero-order chi connectivity index (χ0) is 13.8. The Balaban J connectivity index is 2.31. The van der Waals surface area contributed by atoms with Gasteiger partial charge in [0.1, 0.15) is 6.33 Å². The molecule has 0 radical (unpaired) electrons. The van der Waals surface area contributed by atoms with E-state index in [1.807, 2.05) is 19.0 Å². The number of aromatic nitrogens is 5. The molecule has 2 heterocycles. The average molecular weight is 264 g/mol. The molecule has 2 rings (SSSR count). The van der Waals surface area contributed by atoms with Crippen molar-refractivity contribution in [2.75, 3.05) is 27.7 Å². The average Bonchev–Trinajstić information content (AvgIpc) is 3.04. The summed E-state index contributed by atoms with van der Waals surface area (Å²) in [4.78, 5) is 18.2. The molecule has 0 amide bonds. The normalized spacial score (nSPS) is 10.9. The Labute approximate surface area is 110 Å². The molecule has 2 aromatic rings. The van der Waals surface area contributed by atoms with E-state index in [0.29, 0.717) is 18.0 Å². The quantitative estimate of drug-likeness (QED) is 0.727. The summed E-state index contributed by atoms with van der Waals surface area (Å²) in [5.74, 6) is 0.315. The van der Waals surface area contributed by atoms with Crippen LogP contribution in [-0.2, 0) is 6.54 Å². The number of ether oxygens (including phenoxy) is 1. The van der Waals surface area contributed by atoms with Gasteiger partial charge in [-0.15, -0.1) is 0 Å². The molecule has 0 bridgehead atoms. The molecule has 0 aliphatic heterocycles. The van der Waals surface area contributed by atoms with E-state index in [2.05, 4.69) is 20.3 Å². The van der Waals surface area contributed by atoms with E-state index in [4.69, 9.17) is 4.74 Å². The van der Waals surface area contributed by atoms with Crippen LogP contribution in [0.4, 0.5) is 0 Å². The van der Waals surface area contributed by atoms with Crippen molar-refractivity contribution >= 4 is 5.78 Å². The zero-order valence-corrected chi connectivity index (χ0v) is 11.1. The molecule has 0 saturated heterocycles. The Hall–Kier alpha value is -2.22. The summed E-state index contributed by atoms with van der Waals surface area (Å²) in [6.07, 6.45) is 2.82. The third kappa shape index (κ3) is 2.79. The van der Waals surface area contributed by atoms with E-state index in [1.54, 1.807) is 4.68 Å². The molecule has 8 heteroatoms. The molecule has 102 valence electrons. The molecule has 0 aliphatic carbocycles. The van der Waals surface area contributed by atoms with E-state index in [1.165, 1.54) is 19.6 Å². The highest BCUT2D eigenvalue weighted by molar-refractivity contribution is 6.07. The second-order valence-electron chi connectivity index (χ2n) is 4.25. The molecule has 19 heavy (non-hydrogen) atoms. The van der Waals surface area contributed by atoms with Crippen LogP contribution >= 0.6 is 0 Å². The fourth-order valence-electron chi connectivity index (χ4n) is 1.64. The highest BCUT2D eigenvalue weighted by Crippen LogP contribution is 2.19. The Morgan fingerprint density at radius 3 is 2.89 bits per heavy atom. The fraction of sp³-hybridized carbons (Fsp3) is 0.455. The number of likely N-dealkylation sites (N-methyl/N-ethyl adjacent to an activating group) is 1. The Bertz CT molecular complexity index is 546. The van der Waals surface area contributed by atoms with Crippen LogP contribution in [0.5, 0.6) is 5.75 Å². The van der Waals surface area contributed by atoms with Gasteiger partial charge < -0.3 is 9.64 Å². The topological polar surface area (TPSA) is 88.9 Å².